The molecule has 0 aromatic carbocycles. The number of rotatable bonds is 4. The van der Waals surface area contributed by atoms with E-state index in [1.165, 1.54) is 36.9 Å². The van der Waals surface area contributed by atoms with E-state index in [1.54, 1.807) is 0 Å². The summed E-state index contributed by atoms with van der Waals surface area (Å²) in [5.41, 5.74) is 3.03. The van der Waals surface area contributed by atoms with Crippen molar-refractivity contribution in [2.45, 2.75) is 65.5 Å². The Labute approximate surface area is 111 Å². The maximum absolute atomic E-state index is 4.51. The fourth-order valence-corrected chi connectivity index (χ4v) is 3.13. The van der Waals surface area contributed by atoms with Crippen LogP contribution in [0.25, 0.3) is 0 Å². The van der Waals surface area contributed by atoms with Crippen LogP contribution in [0, 0.1) is 5.41 Å². The fourth-order valence-electron chi connectivity index (χ4n) is 3.13. The van der Waals surface area contributed by atoms with Crippen LogP contribution in [0.4, 0.5) is 0 Å². The third-order valence-corrected chi connectivity index (χ3v) is 4.37. The molecule has 0 radical (unpaired) electrons. The first-order valence-corrected chi connectivity index (χ1v) is 7.27. The fraction of sp³-hybridized carbons (Fsp3) is 0.800. The molecule has 0 bridgehead atoms. The Bertz CT molecular complexity index is 392. The van der Waals surface area contributed by atoms with Gasteiger partial charge in [-0.3, -0.25) is 4.68 Å². The normalized spacial score (nSPS) is 23.2. The predicted molar refractivity (Wildman–Crippen MR) is 75.5 cm³/mol. The Morgan fingerprint density at radius 2 is 2.22 bits per heavy atom. The molecule has 0 saturated heterocycles. The predicted octanol–water partition coefficient (Wildman–Crippen LogP) is 3.04. The maximum atomic E-state index is 4.51. The zero-order valence-corrected chi connectivity index (χ0v) is 12.3. The van der Waals surface area contributed by atoms with E-state index in [-0.39, 0.29) is 0 Å². The van der Waals surface area contributed by atoms with Crippen LogP contribution >= 0.6 is 0 Å². The van der Waals surface area contributed by atoms with Crippen molar-refractivity contribution in [3.05, 3.63) is 17.5 Å². The van der Waals surface area contributed by atoms with E-state index in [0.29, 0.717) is 11.5 Å². The van der Waals surface area contributed by atoms with Gasteiger partial charge in [0.2, 0.25) is 0 Å². The molecule has 1 N–H and O–H groups in total. The first-order valence-electron chi connectivity index (χ1n) is 7.27. The Morgan fingerprint density at radius 1 is 1.44 bits per heavy atom. The highest BCUT2D eigenvalue weighted by Gasteiger charge is 2.31. The van der Waals surface area contributed by atoms with Crippen LogP contribution < -0.4 is 5.32 Å². The smallest absolute Gasteiger partial charge is 0.0666 e. The minimum atomic E-state index is 0.437. The largest absolute Gasteiger partial charge is 0.309 e. The molecule has 1 heterocycles. The van der Waals surface area contributed by atoms with Gasteiger partial charge in [0.05, 0.1) is 5.69 Å². The van der Waals surface area contributed by atoms with Crippen molar-refractivity contribution in [2.24, 2.45) is 12.5 Å². The van der Waals surface area contributed by atoms with Gasteiger partial charge in [0, 0.05) is 31.4 Å². The Balaban J connectivity index is 1.98. The van der Waals surface area contributed by atoms with E-state index in [9.17, 15) is 0 Å². The Kier molecular flexibility index (Phi) is 4.10. The van der Waals surface area contributed by atoms with Gasteiger partial charge in [-0.05, 0) is 24.7 Å². The van der Waals surface area contributed by atoms with Crippen molar-refractivity contribution in [3.63, 3.8) is 0 Å². The number of aryl methyl sites for hydroxylation is 2. The molecular weight excluding hydrogens is 222 g/mol. The summed E-state index contributed by atoms with van der Waals surface area (Å²) < 4.78 is 1.93. The van der Waals surface area contributed by atoms with Gasteiger partial charge in [-0.25, -0.2) is 0 Å². The molecule has 1 aliphatic carbocycles. The Morgan fingerprint density at radius 3 is 2.89 bits per heavy atom. The van der Waals surface area contributed by atoms with Gasteiger partial charge < -0.3 is 5.32 Å². The molecule has 1 aliphatic rings. The van der Waals surface area contributed by atoms with Gasteiger partial charge in [0.25, 0.3) is 0 Å². The third-order valence-electron chi connectivity index (χ3n) is 4.37. The number of hydrogen-bond acceptors (Lipinski definition) is 2. The summed E-state index contributed by atoms with van der Waals surface area (Å²) in [6.07, 6.45) is 8.59. The van der Waals surface area contributed by atoms with Crippen LogP contribution in [0.15, 0.2) is 6.20 Å². The van der Waals surface area contributed by atoms with E-state index >= 15 is 0 Å². The molecule has 1 atom stereocenters. The molecule has 1 aromatic rings. The van der Waals surface area contributed by atoms with Gasteiger partial charge in [0.1, 0.15) is 0 Å². The van der Waals surface area contributed by atoms with E-state index < -0.39 is 0 Å². The summed E-state index contributed by atoms with van der Waals surface area (Å²) in [4.78, 5) is 0. The van der Waals surface area contributed by atoms with E-state index in [2.05, 4.69) is 37.4 Å². The average Bonchev–Trinajstić information content (AvgIpc) is 2.68. The van der Waals surface area contributed by atoms with Gasteiger partial charge in [0.15, 0.2) is 0 Å². The second-order valence-electron chi connectivity index (χ2n) is 6.30. The number of aromatic nitrogens is 2. The van der Waals surface area contributed by atoms with Gasteiger partial charge in [-0.15, -0.1) is 0 Å². The van der Waals surface area contributed by atoms with Crippen LogP contribution in [0.3, 0.4) is 0 Å². The van der Waals surface area contributed by atoms with Crippen LogP contribution in [0.2, 0.25) is 0 Å². The molecular formula is C15H27N3. The average molecular weight is 249 g/mol. The third kappa shape index (κ3) is 2.94. The first-order chi connectivity index (χ1) is 8.53. The quantitative estimate of drug-likeness (QED) is 0.889. The molecule has 3 heteroatoms. The number of nitrogens with one attached hydrogen (secondary N) is 1. The van der Waals surface area contributed by atoms with Gasteiger partial charge >= 0.3 is 0 Å². The minimum absolute atomic E-state index is 0.437. The summed E-state index contributed by atoms with van der Waals surface area (Å²) in [5, 5.41) is 8.27. The van der Waals surface area contributed by atoms with Crippen molar-refractivity contribution in [3.8, 4) is 0 Å². The lowest BCUT2D eigenvalue weighted by atomic mass is 9.73. The van der Waals surface area contributed by atoms with Crippen LogP contribution in [0.1, 0.15) is 57.7 Å². The monoisotopic (exact) mass is 249 g/mol. The van der Waals surface area contributed by atoms with E-state index in [4.69, 9.17) is 0 Å². The zero-order chi connectivity index (χ0) is 13.2. The summed E-state index contributed by atoms with van der Waals surface area (Å²) in [7, 11) is 2.01. The molecule has 18 heavy (non-hydrogen) atoms. The molecule has 1 aromatic heterocycles. The highest BCUT2D eigenvalue weighted by Crippen LogP contribution is 2.35. The van der Waals surface area contributed by atoms with Crippen LogP contribution in [0.5, 0.6) is 0 Å². The SMILES string of the molecule is CCc1nn(C)cc1CNC1CCCCC1(C)C. The van der Waals surface area contributed by atoms with Crippen molar-refractivity contribution in [1.82, 2.24) is 15.1 Å². The first kappa shape index (κ1) is 13.6. The zero-order valence-electron chi connectivity index (χ0n) is 12.3. The van der Waals surface area contributed by atoms with Crippen LogP contribution in [-0.4, -0.2) is 15.8 Å². The number of nitrogens with zero attached hydrogens (tertiary/aromatic N) is 2. The summed E-state index contributed by atoms with van der Waals surface area (Å²) in [6, 6.07) is 0.649. The standard InChI is InChI=1S/C15H27N3/c1-5-13-12(11-18(4)17-13)10-16-14-8-6-7-9-15(14,2)3/h11,14,16H,5-10H2,1-4H3. The van der Waals surface area contributed by atoms with Gasteiger partial charge in [-0.1, -0.05) is 33.6 Å². The minimum Gasteiger partial charge on any atom is -0.309 e. The summed E-state index contributed by atoms with van der Waals surface area (Å²) >= 11 is 0. The van der Waals surface area contributed by atoms with Crippen molar-refractivity contribution >= 4 is 0 Å². The lowest BCUT2D eigenvalue weighted by molar-refractivity contribution is 0.166. The molecule has 1 saturated carbocycles. The molecule has 0 amide bonds. The van der Waals surface area contributed by atoms with Crippen LogP contribution in [-0.2, 0) is 20.0 Å². The summed E-state index contributed by atoms with van der Waals surface area (Å²) in [5.74, 6) is 0. The second-order valence-corrected chi connectivity index (χ2v) is 6.30. The molecule has 102 valence electrons. The molecule has 1 unspecified atom stereocenters. The highest BCUT2D eigenvalue weighted by atomic mass is 15.3. The van der Waals surface area contributed by atoms with Crippen molar-refractivity contribution in [1.29, 1.82) is 0 Å². The second kappa shape index (κ2) is 5.43. The van der Waals surface area contributed by atoms with Gasteiger partial charge in [-0.2, -0.15) is 5.10 Å². The molecule has 3 nitrogen and oxygen atoms in total. The van der Waals surface area contributed by atoms with Crippen molar-refractivity contribution in [2.75, 3.05) is 0 Å². The molecule has 0 aliphatic heterocycles. The summed E-state index contributed by atoms with van der Waals surface area (Å²) in [6.45, 7) is 7.93. The lowest BCUT2D eigenvalue weighted by Crippen LogP contribution is -2.43. The Hall–Kier alpha value is -0.830. The maximum Gasteiger partial charge on any atom is 0.0666 e. The van der Waals surface area contributed by atoms with E-state index in [0.717, 1.165) is 13.0 Å². The molecule has 0 spiro atoms. The van der Waals surface area contributed by atoms with E-state index in [1.807, 2.05) is 11.7 Å². The molecule has 2 rings (SSSR count). The lowest BCUT2D eigenvalue weighted by Gasteiger charge is -2.39. The highest BCUT2D eigenvalue weighted by molar-refractivity contribution is 5.17. The number of hydrogen-bond donors (Lipinski definition) is 1. The molecule has 1 fully saturated rings. The topological polar surface area (TPSA) is 29.9 Å². The van der Waals surface area contributed by atoms with Crippen molar-refractivity contribution < 1.29 is 0 Å².